The van der Waals surface area contributed by atoms with Gasteiger partial charge in [-0.15, -0.1) is 0 Å². The lowest BCUT2D eigenvalue weighted by Crippen LogP contribution is -2.35. The number of nitrogens with one attached hydrogen (secondary N) is 2. The summed E-state index contributed by atoms with van der Waals surface area (Å²) in [5.74, 6) is 0.739. The normalized spacial score (nSPS) is 16.4. The predicted octanol–water partition coefficient (Wildman–Crippen LogP) is 5.69. The van der Waals surface area contributed by atoms with Crippen LogP contribution in [0.15, 0.2) is 95.9 Å². The Morgan fingerprint density at radius 3 is 2.56 bits per heavy atom. The van der Waals surface area contributed by atoms with E-state index in [0.29, 0.717) is 11.1 Å². The summed E-state index contributed by atoms with van der Waals surface area (Å²) < 4.78 is 35.4. The van der Waals surface area contributed by atoms with Gasteiger partial charge in [-0.05, 0) is 48.4 Å². The van der Waals surface area contributed by atoms with Crippen molar-refractivity contribution >= 4 is 26.5 Å². The van der Waals surface area contributed by atoms with Crippen LogP contribution in [0.2, 0.25) is 0 Å². The zero-order valence-electron chi connectivity index (χ0n) is 19.1. The molecule has 4 aromatic carbocycles. The largest absolute Gasteiger partial charge is 0.489 e. The van der Waals surface area contributed by atoms with Gasteiger partial charge >= 0.3 is 0 Å². The second-order valence-electron chi connectivity index (χ2n) is 8.72. The fourth-order valence-electron chi connectivity index (χ4n) is 4.44. The van der Waals surface area contributed by atoms with Crippen molar-refractivity contribution in [3.8, 4) is 5.75 Å². The van der Waals surface area contributed by atoms with Gasteiger partial charge in [-0.25, -0.2) is 8.42 Å². The second kappa shape index (κ2) is 9.49. The van der Waals surface area contributed by atoms with Gasteiger partial charge < -0.3 is 10.1 Å². The third-order valence-electron chi connectivity index (χ3n) is 6.34. The molecule has 5 nitrogen and oxygen atoms in total. The van der Waals surface area contributed by atoms with Crippen molar-refractivity contribution in [2.24, 2.45) is 0 Å². The average molecular weight is 473 g/mol. The topological polar surface area (TPSA) is 67.4 Å². The van der Waals surface area contributed by atoms with Crippen molar-refractivity contribution < 1.29 is 13.2 Å². The molecule has 1 aliphatic heterocycles. The fourth-order valence-corrected chi connectivity index (χ4v) is 5.72. The van der Waals surface area contributed by atoms with Gasteiger partial charge in [0.2, 0.25) is 0 Å². The van der Waals surface area contributed by atoms with E-state index in [1.807, 2.05) is 54.6 Å². The lowest BCUT2D eigenvalue weighted by molar-refractivity contribution is 0.167. The molecule has 0 aliphatic carbocycles. The summed E-state index contributed by atoms with van der Waals surface area (Å²) >= 11 is 0. The molecule has 0 fully saturated rings. The number of aryl methyl sites for hydroxylation is 1. The van der Waals surface area contributed by atoms with E-state index in [9.17, 15) is 8.42 Å². The number of anilines is 1. The molecule has 0 aromatic heterocycles. The molecule has 0 bridgehead atoms. The molecule has 0 radical (unpaired) electrons. The molecule has 0 saturated carbocycles. The Labute approximate surface area is 200 Å². The molecule has 1 aliphatic rings. The summed E-state index contributed by atoms with van der Waals surface area (Å²) in [6, 6.07) is 28.9. The number of rotatable bonds is 7. The molecule has 2 N–H and O–H groups in total. The van der Waals surface area contributed by atoms with Crippen LogP contribution in [0.4, 0.5) is 5.69 Å². The summed E-state index contributed by atoms with van der Waals surface area (Å²) in [6.07, 6.45) is 1.85. The van der Waals surface area contributed by atoms with Crippen molar-refractivity contribution in [3.05, 3.63) is 102 Å². The van der Waals surface area contributed by atoms with Crippen LogP contribution in [0.1, 0.15) is 30.5 Å². The maximum atomic E-state index is 13.2. The highest BCUT2D eigenvalue weighted by atomic mass is 32.2. The quantitative estimate of drug-likeness (QED) is 0.363. The highest BCUT2D eigenvalue weighted by Gasteiger charge is 2.22. The Morgan fingerprint density at radius 1 is 0.941 bits per heavy atom. The molecule has 1 heterocycles. The first kappa shape index (κ1) is 22.4. The molecule has 0 unspecified atom stereocenters. The van der Waals surface area contributed by atoms with Crippen molar-refractivity contribution in [1.82, 2.24) is 5.32 Å². The van der Waals surface area contributed by atoms with E-state index in [0.717, 1.165) is 36.1 Å². The number of ether oxygens (including phenoxy) is 1. The molecular weight excluding hydrogens is 444 g/mol. The molecule has 2 atom stereocenters. The van der Waals surface area contributed by atoms with Crippen LogP contribution in [0.3, 0.4) is 0 Å². The zero-order valence-corrected chi connectivity index (χ0v) is 19.9. The molecular formula is C28H28N2O3S. The van der Waals surface area contributed by atoms with Crippen molar-refractivity contribution in [1.29, 1.82) is 0 Å². The molecule has 34 heavy (non-hydrogen) atoms. The fraction of sp³-hybridized carbons (Fsp3) is 0.214. The van der Waals surface area contributed by atoms with Crippen LogP contribution in [0, 0.1) is 0 Å². The van der Waals surface area contributed by atoms with E-state index in [1.54, 1.807) is 24.3 Å². The third-order valence-corrected chi connectivity index (χ3v) is 7.78. The average Bonchev–Trinajstić information content (AvgIpc) is 2.87. The second-order valence-corrected chi connectivity index (χ2v) is 10.4. The highest BCUT2D eigenvalue weighted by molar-refractivity contribution is 7.93. The van der Waals surface area contributed by atoms with Gasteiger partial charge in [0.25, 0.3) is 10.0 Å². The zero-order chi connectivity index (χ0) is 23.5. The highest BCUT2D eigenvalue weighted by Crippen LogP contribution is 2.32. The van der Waals surface area contributed by atoms with Gasteiger partial charge in [0, 0.05) is 24.0 Å². The number of benzene rings is 4. The molecule has 174 valence electrons. The van der Waals surface area contributed by atoms with Gasteiger partial charge in [-0.2, -0.15) is 0 Å². The Balaban J connectivity index is 1.30. The third kappa shape index (κ3) is 4.79. The lowest BCUT2D eigenvalue weighted by Gasteiger charge is -2.28. The molecule has 0 saturated heterocycles. The maximum absolute atomic E-state index is 13.2. The van der Waals surface area contributed by atoms with E-state index in [4.69, 9.17) is 4.74 Å². The summed E-state index contributed by atoms with van der Waals surface area (Å²) in [7, 11) is -3.75. The first-order valence-corrected chi connectivity index (χ1v) is 13.1. The first-order valence-electron chi connectivity index (χ1n) is 11.6. The molecule has 0 amide bonds. The van der Waals surface area contributed by atoms with E-state index in [-0.39, 0.29) is 17.0 Å². The van der Waals surface area contributed by atoms with Gasteiger partial charge in [-0.1, -0.05) is 72.8 Å². The predicted molar refractivity (Wildman–Crippen MR) is 137 cm³/mol. The van der Waals surface area contributed by atoms with Crippen molar-refractivity contribution in [2.45, 2.75) is 36.8 Å². The minimum absolute atomic E-state index is 0.0311. The first-order chi connectivity index (χ1) is 16.5. The standard InChI is InChI=1S/C28H28N2O3S/c1-20(21-8-3-2-4-9-21)29-19-25-17-15-23-14-16-24(18-27(23)33-25)30-34(31,32)28-13-7-11-22-10-5-6-12-26(22)28/h2-14,16,18,20,25,29-30H,15,17,19H2,1H3/t20-,25+/m1/s1. The lowest BCUT2D eigenvalue weighted by atomic mass is 10.0. The summed E-state index contributed by atoms with van der Waals surface area (Å²) in [5, 5.41) is 5.14. The van der Waals surface area contributed by atoms with E-state index < -0.39 is 10.0 Å². The van der Waals surface area contributed by atoms with E-state index in [2.05, 4.69) is 29.1 Å². The monoisotopic (exact) mass is 472 g/mol. The van der Waals surface area contributed by atoms with Gasteiger partial charge in [0.1, 0.15) is 11.9 Å². The van der Waals surface area contributed by atoms with Crippen LogP contribution in [-0.2, 0) is 16.4 Å². The SMILES string of the molecule is C[C@@H](NC[C@@H]1CCc2ccc(NS(=O)(=O)c3cccc4ccccc34)cc2O1)c1ccccc1. The number of hydrogen-bond donors (Lipinski definition) is 2. The Bertz CT molecular complexity index is 1400. The molecule has 6 heteroatoms. The Hall–Kier alpha value is -3.35. The summed E-state index contributed by atoms with van der Waals surface area (Å²) in [6.45, 7) is 2.87. The van der Waals surface area contributed by atoms with Crippen molar-refractivity contribution in [2.75, 3.05) is 11.3 Å². The minimum atomic E-state index is -3.75. The number of sulfonamides is 1. The molecule has 5 rings (SSSR count). The molecule has 4 aromatic rings. The van der Waals surface area contributed by atoms with Gasteiger partial charge in [0.05, 0.1) is 10.6 Å². The number of fused-ring (bicyclic) bond motifs is 2. The van der Waals surface area contributed by atoms with Gasteiger partial charge in [-0.3, -0.25) is 4.72 Å². The van der Waals surface area contributed by atoms with E-state index >= 15 is 0 Å². The van der Waals surface area contributed by atoms with Crippen LogP contribution >= 0.6 is 0 Å². The number of hydrogen-bond acceptors (Lipinski definition) is 4. The van der Waals surface area contributed by atoms with Crippen LogP contribution in [0.25, 0.3) is 10.8 Å². The summed E-state index contributed by atoms with van der Waals surface area (Å²) in [5.41, 5.74) is 2.84. The Kier molecular flexibility index (Phi) is 6.26. The minimum Gasteiger partial charge on any atom is -0.489 e. The summed E-state index contributed by atoms with van der Waals surface area (Å²) in [4.78, 5) is 0.265. The van der Waals surface area contributed by atoms with Gasteiger partial charge in [0.15, 0.2) is 0 Å². The van der Waals surface area contributed by atoms with Crippen LogP contribution < -0.4 is 14.8 Å². The van der Waals surface area contributed by atoms with Crippen molar-refractivity contribution in [3.63, 3.8) is 0 Å². The smallest absolute Gasteiger partial charge is 0.262 e. The van der Waals surface area contributed by atoms with Crippen LogP contribution in [-0.4, -0.2) is 21.1 Å². The molecule has 0 spiro atoms. The van der Waals surface area contributed by atoms with Crippen LogP contribution in [0.5, 0.6) is 5.75 Å². The van der Waals surface area contributed by atoms with E-state index in [1.165, 1.54) is 5.56 Å². The Morgan fingerprint density at radius 2 is 1.71 bits per heavy atom. The maximum Gasteiger partial charge on any atom is 0.262 e.